The molecule has 0 aromatic heterocycles. The molecule has 5 atom stereocenters. The summed E-state index contributed by atoms with van der Waals surface area (Å²) in [6.45, 7) is 11.8. The van der Waals surface area contributed by atoms with Crippen molar-refractivity contribution in [3.05, 3.63) is 110 Å². The number of ketones is 2. The van der Waals surface area contributed by atoms with Crippen LogP contribution in [-0.4, -0.2) is 57.7 Å². The minimum Gasteiger partial charge on any atom is -0.445 e. The lowest BCUT2D eigenvalue weighted by Gasteiger charge is -2.34. The number of Topliss-reactive ketones (excluding diaryl/α,β-unsaturated/α-hetero) is 2. The number of benzene rings is 2. The molecule has 236 valence electrons. The Hall–Kier alpha value is -4.46. The zero-order valence-electron chi connectivity index (χ0n) is 25.7. The van der Waals surface area contributed by atoms with E-state index in [1.54, 1.807) is 28.0 Å². The predicted molar refractivity (Wildman–Crippen MR) is 171 cm³/mol. The van der Waals surface area contributed by atoms with Gasteiger partial charge in [-0.15, -0.1) is 19.7 Å². The summed E-state index contributed by atoms with van der Waals surface area (Å²) in [5, 5.41) is 0. The van der Waals surface area contributed by atoms with Crippen LogP contribution in [0.2, 0.25) is 0 Å². The van der Waals surface area contributed by atoms with Crippen LogP contribution >= 0.6 is 0 Å². The van der Waals surface area contributed by atoms with E-state index in [0.717, 1.165) is 36.8 Å². The van der Waals surface area contributed by atoms with Gasteiger partial charge < -0.3 is 9.47 Å². The highest BCUT2D eigenvalue weighted by Crippen LogP contribution is 2.52. The van der Waals surface area contributed by atoms with Gasteiger partial charge in [0.25, 0.3) is 0 Å². The van der Waals surface area contributed by atoms with Crippen LogP contribution in [0.4, 0.5) is 9.59 Å². The standard InChI is InChI=1S/C20H23NO3.C17H19NO3/c1-3-12-20(13-4-2)17-11-10-16(18(20)22)21(17)19(23)24-14-15-8-6-5-7-9-15;1-2-6-13-14-9-10-15(16(13)19)18(14)17(20)21-11-12-7-4-3-5-8-12/h3-9,16-17H,1-2,10-14H2;2-5,7-8,13-15H,1,6,9-11H2. The summed E-state index contributed by atoms with van der Waals surface area (Å²) in [6.07, 6.45) is 9.53. The number of carbonyl (C=O) groups is 4. The second-order valence-electron chi connectivity index (χ2n) is 12.2. The second-order valence-corrected chi connectivity index (χ2v) is 12.2. The van der Waals surface area contributed by atoms with Crippen LogP contribution < -0.4 is 0 Å². The summed E-state index contributed by atoms with van der Waals surface area (Å²) >= 11 is 0. The van der Waals surface area contributed by atoms with Crippen LogP contribution in [0.3, 0.4) is 0 Å². The topological polar surface area (TPSA) is 93.2 Å². The molecule has 2 aromatic carbocycles. The van der Waals surface area contributed by atoms with Crippen LogP contribution in [0.5, 0.6) is 0 Å². The molecular formula is C37H42N2O6. The third-order valence-electron chi connectivity index (χ3n) is 9.67. The minimum absolute atomic E-state index is 0.0104. The molecule has 8 nitrogen and oxygen atoms in total. The van der Waals surface area contributed by atoms with Crippen molar-refractivity contribution < 1.29 is 28.7 Å². The largest absolute Gasteiger partial charge is 0.445 e. The van der Waals surface area contributed by atoms with Crippen LogP contribution in [0.15, 0.2) is 98.6 Å². The molecule has 0 radical (unpaired) electrons. The van der Waals surface area contributed by atoms with Crippen molar-refractivity contribution in [2.75, 3.05) is 0 Å². The Labute approximate surface area is 265 Å². The molecular weight excluding hydrogens is 568 g/mol. The summed E-state index contributed by atoms with van der Waals surface area (Å²) in [6, 6.07) is 18.4. The molecule has 6 rings (SSSR count). The van der Waals surface area contributed by atoms with Gasteiger partial charge in [0.2, 0.25) is 0 Å². The van der Waals surface area contributed by atoms with Gasteiger partial charge in [0, 0.05) is 18.0 Å². The van der Waals surface area contributed by atoms with Crippen molar-refractivity contribution in [2.24, 2.45) is 11.3 Å². The molecule has 4 bridgehead atoms. The Balaban J connectivity index is 0.000000179. The van der Waals surface area contributed by atoms with Crippen LogP contribution in [0.25, 0.3) is 0 Å². The van der Waals surface area contributed by atoms with E-state index < -0.39 is 11.5 Å². The normalized spacial score (nSPS) is 25.4. The number of amides is 2. The number of nitrogens with zero attached hydrogens (tertiary/aromatic N) is 2. The maximum Gasteiger partial charge on any atom is 0.411 e. The van der Waals surface area contributed by atoms with Gasteiger partial charge in [-0.3, -0.25) is 19.4 Å². The third kappa shape index (κ3) is 6.23. The number of allylic oxidation sites excluding steroid dienone is 3. The van der Waals surface area contributed by atoms with E-state index in [0.29, 0.717) is 19.3 Å². The molecule has 2 amide bonds. The van der Waals surface area contributed by atoms with E-state index in [1.165, 1.54) is 0 Å². The Morgan fingerprint density at radius 2 is 1.27 bits per heavy atom. The van der Waals surface area contributed by atoms with Gasteiger partial charge in [-0.05, 0) is 56.1 Å². The quantitative estimate of drug-likeness (QED) is 0.275. The minimum atomic E-state index is -0.571. The molecule has 0 saturated carbocycles. The Kier molecular flexibility index (Phi) is 10.0. The fraction of sp³-hybridized carbons (Fsp3) is 0.405. The smallest absolute Gasteiger partial charge is 0.411 e. The number of hydrogen-bond donors (Lipinski definition) is 0. The van der Waals surface area contributed by atoms with Gasteiger partial charge in [-0.25, -0.2) is 9.59 Å². The van der Waals surface area contributed by atoms with Crippen molar-refractivity contribution in [3.63, 3.8) is 0 Å². The number of hydrogen-bond acceptors (Lipinski definition) is 6. The van der Waals surface area contributed by atoms with Crippen LogP contribution in [-0.2, 0) is 32.3 Å². The third-order valence-corrected chi connectivity index (χ3v) is 9.67. The van der Waals surface area contributed by atoms with Gasteiger partial charge in [0.1, 0.15) is 13.2 Å². The molecule has 0 spiro atoms. The van der Waals surface area contributed by atoms with E-state index in [2.05, 4.69) is 19.7 Å². The van der Waals surface area contributed by atoms with E-state index in [-0.39, 0.29) is 61.0 Å². The number of rotatable bonds is 10. The molecule has 4 saturated heterocycles. The summed E-state index contributed by atoms with van der Waals surface area (Å²) in [5.74, 6) is 0.212. The van der Waals surface area contributed by atoms with Gasteiger partial charge >= 0.3 is 12.2 Å². The molecule has 0 N–H and O–H groups in total. The maximum absolute atomic E-state index is 12.9. The molecule has 4 aliphatic heterocycles. The van der Waals surface area contributed by atoms with Crippen molar-refractivity contribution in [1.82, 2.24) is 9.80 Å². The average Bonchev–Trinajstić information content (AvgIpc) is 3.80. The average molecular weight is 611 g/mol. The van der Waals surface area contributed by atoms with Crippen molar-refractivity contribution in [1.29, 1.82) is 0 Å². The SMILES string of the molecule is C=CCC1(CC=C)C(=O)C2CCC1N2C(=O)OCc1ccccc1.C=CCC1C(=O)C2CCC1N2C(=O)OCc1ccccc1. The van der Waals surface area contributed by atoms with Gasteiger partial charge in [0.05, 0.1) is 17.5 Å². The molecule has 4 heterocycles. The molecule has 2 aromatic rings. The maximum atomic E-state index is 12.9. The lowest BCUT2D eigenvalue weighted by molar-refractivity contribution is -0.128. The number of fused-ring (bicyclic) bond motifs is 4. The lowest BCUT2D eigenvalue weighted by Crippen LogP contribution is -2.42. The van der Waals surface area contributed by atoms with Crippen LogP contribution in [0, 0.1) is 11.3 Å². The zero-order chi connectivity index (χ0) is 32.0. The van der Waals surface area contributed by atoms with Crippen molar-refractivity contribution in [3.8, 4) is 0 Å². The summed E-state index contributed by atoms with van der Waals surface area (Å²) in [4.78, 5) is 53.4. The van der Waals surface area contributed by atoms with E-state index in [9.17, 15) is 19.2 Å². The van der Waals surface area contributed by atoms with Crippen molar-refractivity contribution in [2.45, 2.75) is 82.3 Å². The Morgan fingerprint density at radius 1 is 0.733 bits per heavy atom. The van der Waals surface area contributed by atoms with Crippen molar-refractivity contribution >= 4 is 23.8 Å². The van der Waals surface area contributed by atoms with E-state index in [4.69, 9.17) is 9.47 Å². The Morgan fingerprint density at radius 3 is 1.80 bits per heavy atom. The molecule has 0 aliphatic carbocycles. The first kappa shape index (κ1) is 31.9. The second kappa shape index (κ2) is 14.1. The number of carbonyl (C=O) groups excluding carboxylic acids is 4. The monoisotopic (exact) mass is 610 g/mol. The summed E-state index contributed by atoms with van der Waals surface area (Å²) in [7, 11) is 0. The highest BCUT2D eigenvalue weighted by atomic mass is 16.6. The fourth-order valence-corrected chi connectivity index (χ4v) is 7.69. The summed E-state index contributed by atoms with van der Waals surface area (Å²) in [5.41, 5.74) is 1.32. The fourth-order valence-electron chi connectivity index (χ4n) is 7.69. The summed E-state index contributed by atoms with van der Waals surface area (Å²) < 4.78 is 10.9. The van der Waals surface area contributed by atoms with E-state index in [1.807, 2.05) is 60.7 Å². The zero-order valence-corrected chi connectivity index (χ0v) is 25.7. The first-order valence-corrected chi connectivity index (χ1v) is 15.7. The first-order chi connectivity index (χ1) is 21.9. The van der Waals surface area contributed by atoms with Gasteiger partial charge in [-0.1, -0.05) is 78.9 Å². The lowest BCUT2D eigenvalue weighted by atomic mass is 9.68. The van der Waals surface area contributed by atoms with Crippen LogP contribution in [0.1, 0.15) is 56.1 Å². The molecule has 5 unspecified atom stereocenters. The Bertz CT molecular complexity index is 1410. The molecule has 4 fully saturated rings. The predicted octanol–water partition coefficient (Wildman–Crippen LogP) is 6.81. The highest BCUT2D eigenvalue weighted by Gasteiger charge is 2.63. The first-order valence-electron chi connectivity index (χ1n) is 15.7. The number of ether oxygens (including phenoxy) is 2. The molecule has 45 heavy (non-hydrogen) atoms. The van der Waals surface area contributed by atoms with E-state index >= 15 is 0 Å². The molecule has 4 aliphatic rings. The highest BCUT2D eigenvalue weighted by molar-refractivity contribution is 5.98. The van der Waals surface area contributed by atoms with Gasteiger partial charge in [0.15, 0.2) is 11.6 Å². The molecule has 8 heteroatoms. The van der Waals surface area contributed by atoms with Gasteiger partial charge in [-0.2, -0.15) is 0 Å².